The molecular weight excluding hydrogens is 284 g/mol. The zero-order valence-corrected chi connectivity index (χ0v) is 14.6. The van der Waals surface area contributed by atoms with Crippen LogP contribution in [0.5, 0.6) is 0 Å². The third-order valence-corrected chi connectivity index (χ3v) is 4.71. The molecule has 0 bridgehead atoms. The average Bonchev–Trinajstić information content (AvgIpc) is 2.51. The Labute approximate surface area is 139 Å². The molecular formula is C19H26N4. The number of nitrogens with one attached hydrogen (secondary N) is 1. The molecule has 2 heterocycles. The van der Waals surface area contributed by atoms with Crippen molar-refractivity contribution in [2.24, 2.45) is 5.92 Å². The maximum atomic E-state index is 4.63. The summed E-state index contributed by atoms with van der Waals surface area (Å²) in [6.07, 6.45) is 2.48. The molecule has 0 saturated carbocycles. The number of anilines is 3. The first-order valence-corrected chi connectivity index (χ1v) is 8.46. The molecule has 4 nitrogen and oxygen atoms in total. The lowest BCUT2D eigenvalue weighted by Crippen LogP contribution is -2.33. The molecule has 1 N–H and O–H groups in total. The molecule has 0 atom stereocenters. The third kappa shape index (κ3) is 3.81. The molecule has 0 amide bonds. The van der Waals surface area contributed by atoms with E-state index >= 15 is 0 Å². The van der Waals surface area contributed by atoms with Gasteiger partial charge in [0.25, 0.3) is 0 Å². The van der Waals surface area contributed by atoms with E-state index in [0.717, 1.165) is 42.2 Å². The van der Waals surface area contributed by atoms with Crippen LogP contribution in [0.2, 0.25) is 0 Å². The van der Waals surface area contributed by atoms with Crippen LogP contribution in [0.4, 0.5) is 17.3 Å². The molecule has 23 heavy (non-hydrogen) atoms. The van der Waals surface area contributed by atoms with Crippen molar-refractivity contribution in [1.29, 1.82) is 0 Å². The highest BCUT2D eigenvalue weighted by Crippen LogP contribution is 2.25. The van der Waals surface area contributed by atoms with Crippen molar-refractivity contribution in [1.82, 2.24) is 9.97 Å². The van der Waals surface area contributed by atoms with Crippen LogP contribution in [-0.4, -0.2) is 23.1 Å². The minimum atomic E-state index is 0.812. The van der Waals surface area contributed by atoms with E-state index in [9.17, 15) is 0 Å². The second-order valence-electron chi connectivity index (χ2n) is 6.75. The van der Waals surface area contributed by atoms with Gasteiger partial charge in [-0.3, -0.25) is 0 Å². The highest BCUT2D eigenvalue weighted by Gasteiger charge is 2.18. The number of aromatic nitrogens is 2. The lowest BCUT2D eigenvalue weighted by atomic mass is 9.99. The van der Waals surface area contributed by atoms with E-state index in [2.05, 4.69) is 65.2 Å². The number of piperidine rings is 1. The predicted molar refractivity (Wildman–Crippen MR) is 96.6 cm³/mol. The monoisotopic (exact) mass is 310 g/mol. The largest absolute Gasteiger partial charge is 0.356 e. The Balaban J connectivity index is 1.81. The van der Waals surface area contributed by atoms with E-state index in [0.29, 0.717) is 0 Å². The molecule has 1 aromatic carbocycles. The fourth-order valence-corrected chi connectivity index (χ4v) is 2.98. The predicted octanol–water partition coefficient (Wildman–Crippen LogP) is 4.38. The van der Waals surface area contributed by atoms with Gasteiger partial charge in [0, 0.05) is 24.8 Å². The van der Waals surface area contributed by atoms with Gasteiger partial charge >= 0.3 is 0 Å². The Bertz CT molecular complexity index is 688. The molecule has 1 aliphatic rings. The molecule has 122 valence electrons. The molecule has 2 aromatic rings. The van der Waals surface area contributed by atoms with Gasteiger partial charge in [-0.2, -0.15) is 0 Å². The number of aryl methyl sites for hydroxylation is 3. The lowest BCUT2D eigenvalue weighted by Gasteiger charge is -2.31. The Morgan fingerprint density at radius 3 is 2.43 bits per heavy atom. The first kappa shape index (κ1) is 15.8. The van der Waals surface area contributed by atoms with Gasteiger partial charge in [-0.15, -0.1) is 0 Å². The van der Waals surface area contributed by atoms with Crippen molar-refractivity contribution in [2.45, 2.75) is 40.5 Å². The van der Waals surface area contributed by atoms with Crippen molar-refractivity contribution >= 4 is 17.3 Å². The molecule has 3 rings (SSSR count). The molecule has 1 saturated heterocycles. The van der Waals surface area contributed by atoms with Crippen molar-refractivity contribution in [3.63, 3.8) is 0 Å². The van der Waals surface area contributed by atoms with Gasteiger partial charge in [-0.25, -0.2) is 9.97 Å². The third-order valence-electron chi connectivity index (χ3n) is 4.71. The first-order chi connectivity index (χ1) is 11.0. The summed E-state index contributed by atoms with van der Waals surface area (Å²) in [5.74, 6) is 3.54. The number of hydrogen-bond acceptors (Lipinski definition) is 4. The van der Waals surface area contributed by atoms with E-state index in [1.807, 2.05) is 6.92 Å². The van der Waals surface area contributed by atoms with Crippen LogP contribution in [0.1, 0.15) is 36.7 Å². The highest BCUT2D eigenvalue weighted by atomic mass is 15.2. The van der Waals surface area contributed by atoms with Gasteiger partial charge in [0.05, 0.1) is 0 Å². The zero-order chi connectivity index (χ0) is 16.4. The van der Waals surface area contributed by atoms with E-state index in [4.69, 9.17) is 0 Å². The van der Waals surface area contributed by atoms with Crippen LogP contribution >= 0.6 is 0 Å². The minimum absolute atomic E-state index is 0.812. The van der Waals surface area contributed by atoms with E-state index < -0.39 is 0 Å². The van der Waals surface area contributed by atoms with Crippen molar-refractivity contribution in [3.8, 4) is 0 Å². The van der Waals surface area contributed by atoms with E-state index in [1.54, 1.807) is 0 Å². The summed E-state index contributed by atoms with van der Waals surface area (Å²) < 4.78 is 0. The maximum Gasteiger partial charge on any atom is 0.136 e. The smallest absolute Gasteiger partial charge is 0.136 e. The van der Waals surface area contributed by atoms with E-state index in [1.165, 1.54) is 24.0 Å². The van der Waals surface area contributed by atoms with Gasteiger partial charge in [0.1, 0.15) is 17.5 Å². The maximum absolute atomic E-state index is 4.63. The molecule has 1 fully saturated rings. The Morgan fingerprint density at radius 2 is 1.74 bits per heavy atom. The first-order valence-electron chi connectivity index (χ1n) is 8.46. The van der Waals surface area contributed by atoms with Crippen LogP contribution in [0, 0.1) is 26.7 Å². The minimum Gasteiger partial charge on any atom is -0.356 e. The van der Waals surface area contributed by atoms with Gasteiger partial charge < -0.3 is 10.2 Å². The molecule has 1 aliphatic heterocycles. The summed E-state index contributed by atoms with van der Waals surface area (Å²) in [4.78, 5) is 11.5. The van der Waals surface area contributed by atoms with Gasteiger partial charge in [-0.05, 0) is 62.8 Å². The molecule has 0 radical (unpaired) electrons. The highest BCUT2D eigenvalue weighted by molar-refractivity contribution is 5.61. The van der Waals surface area contributed by atoms with E-state index in [-0.39, 0.29) is 0 Å². The van der Waals surface area contributed by atoms with Crippen molar-refractivity contribution in [2.75, 3.05) is 23.3 Å². The van der Waals surface area contributed by atoms with Crippen LogP contribution in [-0.2, 0) is 0 Å². The standard InChI is InChI=1S/C19H26N4/c1-13-7-9-23(10-8-13)19-12-18(20-16(4)21-19)22-17-6-5-14(2)15(3)11-17/h5-6,11-13H,7-10H2,1-4H3,(H,20,21,22). The zero-order valence-electron chi connectivity index (χ0n) is 14.6. The van der Waals surface area contributed by atoms with Gasteiger partial charge in [0.2, 0.25) is 0 Å². The van der Waals surface area contributed by atoms with Crippen LogP contribution in [0.25, 0.3) is 0 Å². The average molecular weight is 310 g/mol. The Morgan fingerprint density at radius 1 is 1.00 bits per heavy atom. The van der Waals surface area contributed by atoms with Gasteiger partial charge in [0.15, 0.2) is 0 Å². The Hall–Kier alpha value is -2.10. The topological polar surface area (TPSA) is 41.1 Å². The summed E-state index contributed by atoms with van der Waals surface area (Å²) in [6, 6.07) is 8.47. The van der Waals surface area contributed by atoms with Crippen LogP contribution < -0.4 is 10.2 Å². The van der Waals surface area contributed by atoms with Gasteiger partial charge in [-0.1, -0.05) is 13.0 Å². The molecule has 0 spiro atoms. The lowest BCUT2D eigenvalue weighted by molar-refractivity contribution is 0.436. The normalized spacial score (nSPS) is 15.7. The fraction of sp³-hybridized carbons (Fsp3) is 0.474. The summed E-state index contributed by atoms with van der Waals surface area (Å²) in [7, 11) is 0. The number of benzene rings is 1. The number of hydrogen-bond donors (Lipinski definition) is 1. The molecule has 4 heteroatoms. The van der Waals surface area contributed by atoms with Crippen molar-refractivity contribution < 1.29 is 0 Å². The summed E-state index contributed by atoms with van der Waals surface area (Å²) in [5.41, 5.74) is 3.66. The Kier molecular flexibility index (Phi) is 4.51. The SMILES string of the molecule is Cc1nc(Nc2ccc(C)c(C)c2)cc(N2CCC(C)CC2)n1. The van der Waals surface area contributed by atoms with Crippen molar-refractivity contribution in [3.05, 3.63) is 41.2 Å². The molecule has 0 aliphatic carbocycles. The second-order valence-corrected chi connectivity index (χ2v) is 6.75. The summed E-state index contributed by atoms with van der Waals surface area (Å²) >= 11 is 0. The quantitative estimate of drug-likeness (QED) is 0.913. The second kappa shape index (κ2) is 6.57. The number of rotatable bonds is 3. The van der Waals surface area contributed by atoms with Crippen LogP contribution in [0.3, 0.4) is 0 Å². The fourth-order valence-electron chi connectivity index (χ4n) is 2.98. The summed E-state index contributed by atoms with van der Waals surface area (Å²) in [5, 5.41) is 3.42. The molecule has 1 aromatic heterocycles. The number of nitrogens with zero attached hydrogens (tertiary/aromatic N) is 3. The molecule has 0 unspecified atom stereocenters. The van der Waals surface area contributed by atoms with Crippen LogP contribution in [0.15, 0.2) is 24.3 Å². The summed E-state index contributed by atoms with van der Waals surface area (Å²) in [6.45, 7) is 10.7.